The zero-order valence-corrected chi connectivity index (χ0v) is 15.4. The predicted octanol–water partition coefficient (Wildman–Crippen LogP) is 4.58. The Morgan fingerprint density at radius 3 is 2.48 bits per heavy atom. The van der Waals surface area contributed by atoms with E-state index in [-0.39, 0.29) is 5.91 Å². The maximum Gasteiger partial charge on any atom is 0.260 e. The molecule has 0 spiro atoms. The standard InChI is InChI=1S/C20H17N5OS/c1-12-7-9-14(10-8-12)24-19(26)15-16-17(18(21)23-11-22-16)27-20(15)25-13-5-3-2-4-6-13/h2-11,25H,1H3,(H,24,26)(H2,21,22,23). The number of para-hydroxylation sites is 1. The number of hydrogen-bond donors (Lipinski definition) is 3. The SMILES string of the molecule is Cc1ccc(NC(=O)c2c(Nc3ccccc3)sc3c(N)ncnc23)cc1. The van der Waals surface area contributed by atoms with Crippen LogP contribution in [0.15, 0.2) is 60.9 Å². The topological polar surface area (TPSA) is 92.9 Å². The lowest BCUT2D eigenvalue weighted by Gasteiger charge is -2.09. The summed E-state index contributed by atoms with van der Waals surface area (Å²) in [6, 6.07) is 17.3. The van der Waals surface area contributed by atoms with Gasteiger partial charge in [0, 0.05) is 11.4 Å². The van der Waals surface area contributed by atoms with Gasteiger partial charge in [-0.2, -0.15) is 0 Å². The number of anilines is 4. The number of carbonyl (C=O) groups excluding carboxylic acids is 1. The summed E-state index contributed by atoms with van der Waals surface area (Å²) in [4.78, 5) is 21.4. The van der Waals surface area contributed by atoms with E-state index >= 15 is 0 Å². The highest BCUT2D eigenvalue weighted by molar-refractivity contribution is 7.24. The van der Waals surface area contributed by atoms with Gasteiger partial charge < -0.3 is 16.4 Å². The van der Waals surface area contributed by atoms with Crippen molar-refractivity contribution in [3.63, 3.8) is 0 Å². The lowest BCUT2D eigenvalue weighted by Crippen LogP contribution is -2.13. The van der Waals surface area contributed by atoms with Crippen LogP contribution < -0.4 is 16.4 Å². The molecular weight excluding hydrogens is 358 g/mol. The third kappa shape index (κ3) is 3.45. The highest BCUT2D eigenvalue weighted by Gasteiger charge is 2.22. The van der Waals surface area contributed by atoms with Crippen molar-refractivity contribution >= 4 is 49.7 Å². The molecule has 6 nitrogen and oxygen atoms in total. The minimum atomic E-state index is -0.248. The minimum Gasteiger partial charge on any atom is -0.382 e. The Morgan fingerprint density at radius 2 is 1.74 bits per heavy atom. The van der Waals surface area contributed by atoms with Crippen LogP contribution in [0.4, 0.5) is 22.2 Å². The normalized spacial score (nSPS) is 10.7. The van der Waals surface area contributed by atoms with Crippen molar-refractivity contribution in [1.82, 2.24) is 9.97 Å². The molecule has 2 heterocycles. The zero-order valence-electron chi connectivity index (χ0n) is 14.6. The van der Waals surface area contributed by atoms with Crippen LogP contribution in [0.1, 0.15) is 15.9 Å². The molecule has 0 atom stereocenters. The molecule has 27 heavy (non-hydrogen) atoms. The fourth-order valence-electron chi connectivity index (χ4n) is 2.71. The number of nitrogens with two attached hydrogens (primary N) is 1. The van der Waals surface area contributed by atoms with E-state index in [0.717, 1.165) is 16.9 Å². The van der Waals surface area contributed by atoms with Gasteiger partial charge in [0.25, 0.3) is 5.91 Å². The highest BCUT2D eigenvalue weighted by Crippen LogP contribution is 2.38. The van der Waals surface area contributed by atoms with Crippen molar-refractivity contribution in [1.29, 1.82) is 0 Å². The van der Waals surface area contributed by atoms with Crippen LogP contribution in [0.2, 0.25) is 0 Å². The quantitative estimate of drug-likeness (QED) is 0.485. The van der Waals surface area contributed by atoms with E-state index in [0.29, 0.717) is 26.6 Å². The smallest absolute Gasteiger partial charge is 0.260 e. The van der Waals surface area contributed by atoms with Crippen molar-refractivity contribution in [3.8, 4) is 0 Å². The number of nitrogens with zero attached hydrogens (tertiary/aromatic N) is 2. The van der Waals surface area contributed by atoms with Gasteiger partial charge in [-0.3, -0.25) is 4.79 Å². The van der Waals surface area contributed by atoms with E-state index in [9.17, 15) is 4.79 Å². The van der Waals surface area contributed by atoms with Crippen molar-refractivity contribution < 1.29 is 4.79 Å². The molecule has 0 saturated heterocycles. The number of aryl methyl sites for hydroxylation is 1. The fraction of sp³-hybridized carbons (Fsp3) is 0.0500. The van der Waals surface area contributed by atoms with Gasteiger partial charge in [-0.05, 0) is 31.2 Å². The van der Waals surface area contributed by atoms with E-state index in [1.54, 1.807) is 0 Å². The van der Waals surface area contributed by atoms with E-state index in [1.807, 2.05) is 61.5 Å². The zero-order chi connectivity index (χ0) is 18.8. The fourth-order valence-corrected chi connectivity index (χ4v) is 3.78. The molecule has 4 N–H and O–H groups in total. The Labute approximate surface area is 160 Å². The molecule has 2 aromatic heterocycles. The maximum atomic E-state index is 13.1. The summed E-state index contributed by atoms with van der Waals surface area (Å²) < 4.78 is 0.685. The molecule has 0 fully saturated rings. The molecule has 2 aromatic carbocycles. The first kappa shape index (κ1) is 17.0. The Kier molecular flexibility index (Phi) is 4.43. The molecule has 0 unspecified atom stereocenters. The van der Waals surface area contributed by atoms with Gasteiger partial charge in [-0.1, -0.05) is 35.9 Å². The Morgan fingerprint density at radius 1 is 1.00 bits per heavy atom. The Bertz CT molecular complexity index is 1110. The largest absolute Gasteiger partial charge is 0.382 e. The molecule has 0 saturated carbocycles. The van der Waals surface area contributed by atoms with Crippen molar-refractivity contribution in [2.45, 2.75) is 6.92 Å². The first-order valence-corrected chi connectivity index (χ1v) is 9.16. The molecule has 7 heteroatoms. The van der Waals surface area contributed by atoms with Crippen LogP contribution in [-0.4, -0.2) is 15.9 Å². The number of aromatic nitrogens is 2. The lowest BCUT2D eigenvalue weighted by molar-refractivity contribution is 0.102. The molecule has 4 aromatic rings. The number of nitrogens with one attached hydrogen (secondary N) is 2. The molecule has 0 aliphatic rings. The number of amides is 1. The Hall–Kier alpha value is -3.45. The average molecular weight is 375 g/mol. The summed E-state index contributed by atoms with van der Waals surface area (Å²) in [5.74, 6) is 0.108. The summed E-state index contributed by atoms with van der Waals surface area (Å²) in [5, 5.41) is 6.91. The van der Waals surface area contributed by atoms with Gasteiger partial charge in [0.15, 0.2) is 0 Å². The second-order valence-electron chi connectivity index (χ2n) is 6.05. The molecule has 1 amide bonds. The molecule has 134 valence electrons. The second kappa shape index (κ2) is 7.05. The van der Waals surface area contributed by atoms with Gasteiger partial charge in [0.2, 0.25) is 0 Å². The Balaban J connectivity index is 1.77. The number of benzene rings is 2. The number of carbonyl (C=O) groups is 1. The van der Waals surface area contributed by atoms with Crippen LogP contribution in [0, 0.1) is 6.92 Å². The number of hydrogen-bond acceptors (Lipinski definition) is 6. The van der Waals surface area contributed by atoms with Crippen molar-refractivity contribution in [3.05, 3.63) is 72.1 Å². The van der Waals surface area contributed by atoms with Crippen LogP contribution in [0.5, 0.6) is 0 Å². The van der Waals surface area contributed by atoms with Crippen LogP contribution >= 0.6 is 11.3 Å². The van der Waals surface area contributed by atoms with Crippen LogP contribution in [0.3, 0.4) is 0 Å². The lowest BCUT2D eigenvalue weighted by atomic mass is 10.2. The van der Waals surface area contributed by atoms with Crippen LogP contribution in [0.25, 0.3) is 10.2 Å². The van der Waals surface area contributed by atoms with Crippen molar-refractivity contribution in [2.24, 2.45) is 0 Å². The monoisotopic (exact) mass is 375 g/mol. The number of nitrogen functional groups attached to an aromatic ring is 1. The minimum absolute atomic E-state index is 0.248. The molecule has 4 rings (SSSR count). The van der Waals surface area contributed by atoms with Gasteiger partial charge in [-0.15, -0.1) is 11.3 Å². The third-order valence-electron chi connectivity index (χ3n) is 4.07. The summed E-state index contributed by atoms with van der Waals surface area (Å²) in [5.41, 5.74) is 9.71. The van der Waals surface area contributed by atoms with Gasteiger partial charge in [-0.25, -0.2) is 9.97 Å². The van der Waals surface area contributed by atoms with E-state index in [4.69, 9.17) is 5.73 Å². The summed E-state index contributed by atoms with van der Waals surface area (Å²) in [6.45, 7) is 2.00. The van der Waals surface area contributed by atoms with Gasteiger partial charge in [0.1, 0.15) is 28.2 Å². The predicted molar refractivity (Wildman–Crippen MR) is 111 cm³/mol. The average Bonchev–Trinajstić information content (AvgIpc) is 3.04. The van der Waals surface area contributed by atoms with Gasteiger partial charge >= 0.3 is 0 Å². The summed E-state index contributed by atoms with van der Waals surface area (Å²) >= 11 is 1.36. The van der Waals surface area contributed by atoms with Gasteiger partial charge in [0.05, 0.1) is 4.70 Å². The molecular formula is C20H17N5OS. The summed E-state index contributed by atoms with van der Waals surface area (Å²) in [7, 11) is 0. The molecule has 0 aliphatic carbocycles. The number of thiophene rings is 1. The van der Waals surface area contributed by atoms with Crippen LogP contribution in [-0.2, 0) is 0 Å². The first-order chi connectivity index (χ1) is 13.1. The third-order valence-corrected chi connectivity index (χ3v) is 5.18. The number of rotatable bonds is 4. The number of fused-ring (bicyclic) bond motifs is 1. The van der Waals surface area contributed by atoms with E-state index in [1.165, 1.54) is 17.7 Å². The van der Waals surface area contributed by atoms with Crippen molar-refractivity contribution in [2.75, 3.05) is 16.4 Å². The van der Waals surface area contributed by atoms with E-state index in [2.05, 4.69) is 20.6 Å². The molecule has 0 radical (unpaired) electrons. The van der Waals surface area contributed by atoms with E-state index < -0.39 is 0 Å². The molecule has 0 bridgehead atoms. The highest BCUT2D eigenvalue weighted by atomic mass is 32.1. The summed E-state index contributed by atoms with van der Waals surface area (Å²) in [6.07, 6.45) is 1.37. The molecule has 0 aliphatic heterocycles. The maximum absolute atomic E-state index is 13.1. The second-order valence-corrected chi connectivity index (χ2v) is 7.07. The first-order valence-electron chi connectivity index (χ1n) is 8.35.